The topological polar surface area (TPSA) is 113 Å². The molecule has 0 rings (SSSR count). The number of nitrogens with zero attached hydrogens (tertiary/aromatic N) is 1. The Balaban J connectivity index is 4.16. The van der Waals surface area contributed by atoms with Crippen molar-refractivity contribution in [1.29, 1.82) is 0 Å². The van der Waals surface area contributed by atoms with Gasteiger partial charge in [0.15, 0.2) is 0 Å². The SMILES string of the molecule is CCCCN(CC(N)=O)C(=O)NCC(C)CCC(=O)O. The number of hydrogen-bond donors (Lipinski definition) is 3. The van der Waals surface area contributed by atoms with Crippen LogP contribution in [0.15, 0.2) is 0 Å². The van der Waals surface area contributed by atoms with Gasteiger partial charge in [0.25, 0.3) is 0 Å². The molecule has 0 heterocycles. The van der Waals surface area contributed by atoms with Gasteiger partial charge in [0, 0.05) is 19.5 Å². The highest BCUT2D eigenvalue weighted by atomic mass is 16.4. The second-order valence-electron chi connectivity index (χ2n) is 4.97. The van der Waals surface area contributed by atoms with Gasteiger partial charge in [0.2, 0.25) is 5.91 Å². The number of carbonyl (C=O) groups is 3. The number of aliphatic carboxylic acids is 1. The van der Waals surface area contributed by atoms with E-state index in [0.29, 0.717) is 19.5 Å². The molecule has 0 saturated heterocycles. The fourth-order valence-electron chi connectivity index (χ4n) is 1.63. The molecule has 0 aliphatic carbocycles. The van der Waals surface area contributed by atoms with E-state index in [1.807, 2.05) is 13.8 Å². The van der Waals surface area contributed by atoms with Crippen molar-refractivity contribution in [3.8, 4) is 0 Å². The van der Waals surface area contributed by atoms with Gasteiger partial charge in [-0.15, -0.1) is 0 Å². The number of hydrogen-bond acceptors (Lipinski definition) is 3. The molecule has 20 heavy (non-hydrogen) atoms. The van der Waals surface area contributed by atoms with E-state index < -0.39 is 11.9 Å². The van der Waals surface area contributed by atoms with E-state index >= 15 is 0 Å². The molecule has 1 unspecified atom stereocenters. The minimum atomic E-state index is -0.846. The molecule has 0 aromatic heterocycles. The lowest BCUT2D eigenvalue weighted by atomic mass is 10.1. The van der Waals surface area contributed by atoms with Crippen molar-refractivity contribution in [2.75, 3.05) is 19.6 Å². The maximum Gasteiger partial charge on any atom is 0.317 e. The largest absolute Gasteiger partial charge is 0.481 e. The molecule has 0 aliphatic rings. The lowest BCUT2D eigenvalue weighted by Gasteiger charge is -2.22. The van der Waals surface area contributed by atoms with E-state index in [1.54, 1.807) is 0 Å². The van der Waals surface area contributed by atoms with Gasteiger partial charge >= 0.3 is 12.0 Å². The quantitative estimate of drug-likeness (QED) is 0.551. The molecule has 0 saturated carbocycles. The molecule has 0 aliphatic heterocycles. The lowest BCUT2D eigenvalue weighted by Crippen LogP contribution is -2.45. The van der Waals surface area contributed by atoms with Gasteiger partial charge in [-0.1, -0.05) is 20.3 Å². The summed E-state index contributed by atoms with van der Waals surface area (Å²) in [5, 5.41) is 11.3. The minimum Gasteiger partial charge on any atom is -0.481 e. The van der Waals surface area contributed by atoms with Gasteiger partial charge < -0.3 is 21.1 Å². The Morgan fingerprint density at radius 1 is 1.35 bits per heavy atom. The number of unbranched alkanes of at least 4 members (excludes halogenated alkanes) is 1. The summed E-state index contributed by atoms with van der Waals surface area (Å²) in [7, 11) is 0. The number of carbonyl (C=O) groups excluding carboxylic acids is 2. The number of primary amides is 1. The number of nitrogens with two attached hydrogens (primary N) is 1. The number of carboxylic acids is 1. The first kappa shape index (κ1) is 18.2. The van der Waals surface area contributed by atoms with E-state index in [9.17, 15) is 14.4 Å². The molecule has 0 spiro atoms. The number of rotatable bonds is 10. The van der Waals surface area contributed by atoms with Gasteiger partial charge in [-0.25, -0.2) is 4.79 Å². The predicted octanol–water partition coefficient (Wildman–Crippen LogP) is 0.784. The first-order chi connectivity index (χ1) is 9.36. The minimum absolute atomic E-state index is 0.0663. The van der Waals surface area contributed by atoms with Crippen molar-refractivity contribution in [2.24, 2.45) is 11.7 Å². The van der Waals surface area contributed by atoms with Crippen LogP contribution < -0.4 is 11.1 Å². The third-order valence-corrected chi connectivity index (χ3v) is 2.87. The van der Waals surface area contributed by atoms with Gasteiger partial charge in [-0.2, -0.15) is 0 Å². The van der Waals surface area contributed by atoms with E-state index in [4.69, 9.17) is 10.8 Å². The van der Waals surface area contributed by atoms with Gasteiger partial charge in [0.05, 0.1) is 0 Å². The van der Waals surface area contributed by atoms with Crippen molar-refractivity contribution < 1.29 is 19.5 Å². The van der Waals surface area contributed by atoms with Crippen LogP contribution >= 0.6 is 0 Å². The fourth-order valence-corrected chi connectivity index (χ4v) is 1.63. The van der Waals surface area contributed by atoms with E-state index in [1.165, 1.54) is 4.90 Å². The van der Waals surface area contributed by atoms with Crippen LogP contribution in [0.1, 0.15) is 39.5 Å². The molecule has 3 amide bonds. The van der Waals surface area contributed by atoms with Crippen LogP contribution in [0.25, 0.3) is 0 Å². The second-order valence-corrected chi connectivity index (χ2v) is 4.97. The monoisotopic (exact) mass is 287 g/mol. The van der Waals surface area contributed by atoms with Crippen LogP contribution in [0, 0.1) is 5.92 Å². The second kappa shape index (κ2) is 10.1. The van der Waals surface area contributed by atoms with E-state index in [0.717, 1.165) is 12.8 Å². The predicted molar refractivity (Wildman–Crippen MR) is 75.1 cm³/mol. The molecule has 116 valence electrons. The summed E-state index contributed by atoms with van der Waals surface area (Å²) in [6.07, 6.45) is 2.30. The van der Waals surface area contributed by atoms with Crippen LogP contribution in [-0.2, 0) is 9.59 Å². The zero-order valence-corrected chi connectivity index (χ0v) is 12.2. The highest BCUT2D eigenvalue weighted by Crippen LogP contribution is 2.04. The number of carboxylic acid groups (broad SMARTS) is 1. The van der Waals surface area contributed by atoms with Crippen LogP contribution in [0.4, 0.5) is 4.79 Å². The molecule has 0 bridgehead atoms. The first-order valence-electron chi connectivity index (χ1n) is 6.89. The molecular formula is C13H25N3O4. The van der Waals surface area contributed by atoms with Crippen LogP contribution in [-0.4, -0.2) is 47.5 Å². The van der Waals surface area contributed by atoms with Crippen molar-refractivity contribution in [3.63, 3.8) is 0 Å². The maximum absolute atomic E-state index is 11.9. The summed E-state index contributed by atoms with van der Waals surface area (Å²) < 4.78 is 0. The Labute approximate surface area is 119 Å². The Morgan fingerprint density at radius 3 is 2.50 bits per heavy atom. The molecule has 0 aromatic carbocycles. The Bertz CT molecular complexity index is 334. The van der Waals surface area contributed by atoms with Crippen molar-refractivity contribution >= 4 is 17.9 Å². The standard InChI is InChI=1S/C13H25N3O4/c1-3-4-7-16(9-11(14)17)13(20)15-8-10(2)5-6-12(18)19/h10H,3-9H2,1-2H3,(H2,14,17)(H,15,20)(H,18,19). The highest BCUT2D eigenvalue weighted by molar-refractivity contribution is 5.82. The van der Waals surface area contributed by atoms with Gasteiger partial charge in [0.1, 0.15) is 6.54 Å². The first-order valence-corrected chi connectivity index (χ1v) is 6.89. The maximum atomic E-state index is 11.9. The van der Waals surface area contributed by atoms with Gasteiger partial charge in [-0.05, 0) is 18.8 Å². The molecule has 0 radical (unpaired) electrons. The summed E-state index contributed by atoms with van der Waals surface area (Å²) >= 11 is 0. The number of urea groups is 1. The summed E-state index contributed by atoms with van der Waals surface area (Å²) in [4.78, 5) is 34.7. The van der Waals surface area contributed by atoms with Crippen molar-refractivity contribution in [1.82, 2.24) is 10.2 Å². The Kier molecular flexibility index (Phi) is 9.15. The molecule has 7 heteroatoms. The normalized spacial score (nSPS) is 11.7. The average Bonchev–Trinajstić information content (AvgIpc) is 2.37. The number of amides is 3. The lowest BCUT2D eigenvalue weighted by molar-refractivity contribution is -0.137. The molecule has 0 aromatic rings. The van der Waals surface area contributed by atoms with Crippen molar-refractivity contribution in [2.45, 2.75) is 39.5 Å². The average molecular weight is 287 g/mol. The van der Waals surface area contributed by atoms with Crippen molar-refractivity contribution in [3.05, 3.63) is 0 Å². The highest BCUT2D eigenvalue weighted by Gasteiger charge is 2.16. The molecule has 7 nitrogen and oxygen atoms in total. The molecule has 1 atom stereocenters. The summed E-state index contributed by atoms with van der Waals surface area (Å²) in [5.74, 6) is -1.33. The Morgan fingerprint density at radius 2 is 2.00 bits per heavy atom. The third-order valence-electron chi connectivity index (χ3n) is 2.87. The van der Waals surface area contributed by atoms with Crippen LogP contribution in [0.2, 0.25) is 0 Å². The van der Waals surface area contributed by atoms with Crippen LogP contribution in [0.5, 0.6) is 0 Å². The van der Waals surface area contributed by atoms with Crippen LogP contribution in [0.3, 0.4) is 0 Å². The smallest absolute Gasteiger partial charge is 0.317 e. The zero-order chi connectivity index (χ0) is 15.5. The molecular weight excluding hydrogens is 262 g/mol. The third kappa shape index (κ3) is 9.18. The molecule has 4 N–H and O–H groups in total. The van der Waals surface area contributed by atoms with E-state index in [-0.39, 0.29) is 24.9 Å². The summed E-state index contributed by atoms with van der Waals surface area (Å²) in [6, 6.07) is -0.334. The zero-order valence-electron chi connectivity index (χ0n) is 12.2. The summed E-state index contributed by atoms with van der Waals surface area (Å²) in [6.45, 7) is 4.62. The molecule has 0 fully saturated rings. The Hall–Kier alpha value is -1.79. The number of nitrogens with one attached hydrogen (secondary N) is 1. The summed E-state index contributed by atoms with van der Waals surface area (Å²) in [5.41, 5.74) is 5.11. The van der Waals surface area contributed by atoms with Gasteiger partial charge in [-0.3, -0.25) is 9.59 Å². The fraction of sp³-hybridized carbons (Fsp3) is 0.769. The van der Waals surface area contributed by atoms with E-state index in [2.05, 4.69) is 5.32 Å².